The number of nitrogens with one attached hydrogen (secondary N) is 2. The van der Waals surface area contributed by atoms with Gasteiger partial charge in [0.25, 0.3) is 0 Å². The van der Waals surface area contributed by atoms with Crippen LogP contribution in [0.4, 0.5) is 18.9 Å². The lowest BCUT2D eigenvalue weighted by Gasteiger charge is -2.23. The topological polar surface area (TPSA) is 59.6 Å². The molecule has 11 heteroatoms. The number of anilines is 1. The van der Waals surface area contributed by atoms with E-state index >= 15 is 0 Å². The van der Waals surface area contributed by atoms with Crippen LogP contribution in [0.5, 0.6) is 11.5 Å². The Balaban J connectivity index is 2.16. The van der Waals surface area contributed by atoms with Crippen molar-refractivity contribution in [2.45, 2.75) is 12.2 Å². The molecule has 0 heterocycles. The van der Waals surface area contributed by atoms with Crippen LogP contribution in [-0.4, -0.2) is 32.8 Å². The highest BCUT2D eigenvalue weighted by atomic mass is 35.5. The first-order valence-electron chi connectivity index (χ1n) is 8.03. The number of benzene rings is 2. The number of halogens is 6. The van der Waals surface area contributed by atoms with Gasteiger partial charge in [-0.3, -0.25) is 10.1 Å². The van der Waals surface area contributed by atoms with Crippen molar-refractivity contribution in [3.63, 3.8) is 0 Å². The van der Waals surface area contributed by atoms with E-state index in [-0.39, 0.29) is 37.8 Å². The predicted molar refractivity (Wildman–Crippen MR) is 106 cm³/mol. The van der Waals surface area contributed by atoms with E-state index in [4.69, 9.17) is 44.3 Å². The minimum absolute atomic E-state index is 0.0972. The van der Waals surface area contributed by atoms with E-state index in [1.807, 2.05) is 0 Å². The molecule has 2 N–H and O–H groups in total. The summed E-state index contributed by atoms with van der Waals surface area (Å²) in [6, 6.07) is 4.29. The number of carbonyl (C=O) groups is 1. The van der Waals surface area contributed by atoms with Crippen LogP contribution in [0.3, 0.4) is 0 Å². The van der Waals surface area contributed by atoms with Crippen molar-refractivity contribution in [2.24, 2.45) is 0 Å². The quantitative estimate of drug-likeness (QED) is 0.524. The van der Waals surface area contributed by atoms with Crippen LogP contribution in [0.2, 0.25) is 15.1 Å². The molecule has 29 heavy (non-hydrogen) atoms. The Bertz CT molecular complexity index is 895. The van der Waals surface area contributed by atoms with Gasteiger partial charge in [-0.1, -0.05) is 40.9 Å². The lowest BCUT2D eigenvalue weighted by Crippen LogP contribution is -2.38. The number of rotatable bonds is 7. The van der Waals surface area contributed by atoms with Gasteiger partial charge in [-0.05, 0) is 29.8 Å². The van der Waals surface area contributed by atoms with Crippen molar-refractivity contribution in [3.05, 3.63) is 51.0 Å². The molecule has 0 saturated heterocycles. The zero-order valence-electron chi connectivity index (χ0n) is 15.2. The van der Waals surface area contributed by atoms with Crippen LogP contribution in [0.25, 0.3) is 0 Å². The van der Waals surface area contributed by atoms with Gasteiger partial charge in [0.2, 0.25) is 5.91 Å². The first-order chi connectivity index (χ1) is 13.6. The molecular weight excluding hydrogens is 456 g/mol. The van der Waals surface area contributed by atoms with Crippen LogP contribution in [-0.2, 0) is 4.79 Å². The fourth-order valence-electron chi connectivity index (χ4n) is 2.46. The summed E-state index contributed by atoms with van der Waals surface area (Å²) in [7, 11) is 2.68. The van der Waals surface area contributed by atoms with Crippen molar-refractivity contribution in [1.29, 1.82) is 0 Å². The number of hydrogen-bond donors (Lipinski definition) is 2. The normalized spacial score (nSPS) is 12.4. The third kappa shape index (κ3) is 6.05. The van der Waals surface area contributed by atoms with E-state index in [2.05, 4.69) is 10.6 Å². The van der Waals surface area contributed by atoms with Gasteiger partial charge in [0.05, 0.1) is 41.5 Å². The maximum atomic E-state index is 13.5. The molecule has 0 bridgehead atoms. The lowest BCUT2D eigenvalue weighted by atomic mass is 10.1. The van der Waals surface area contributed by atoms with E-state index in [1.54, 1.807) is 0 Å². The second-order valence-corrected chi connectivity index (χ2v) is 6.99. The van der Waals surface area contributed by atoms with E-state index < -0.39 is 24.7 Å². The van der Waals surface area contributed by atoms with Gasteiger partial charge in [-0.15, -0.1) is 0 Å². The summed E-state index contributed by atoms with van der Waals surface area (Å²) in [6.45, 7) is -0.644. The summed E-state index contributed by atoms with van der Waals surface area (Å²) in [5.74, 6) is -0.336. The smallest absolute Gasteiger partial charge is 0.407 e. The third-order valence-corrected chi connectivity index (χ3v) is 4.85. The summed E-state index contributed by atoms with van der Waals surface area (Å²) in [5, 5.41) is 5.00. The van der Waals surface area contributed by atoms with Gasteiger partial charge in [0.1, 0.15) is 6.04 Å². The average molecular weight is 472 g/mol. The van der Waals surface area contributed by atoms with Gasteiger partial charge >= 0.3 is 6.18 Å². The second kappa shape index (κ2) is 9.75. The molecule has 0 unspecified atom stereocenters. The lowest BCUT2D eigenvalue weighted by molar-refractivity contribution is -0.158. The van der Waals surface area contributed by atoms with Crippen molar-refractivity contribution in [2.75, 3.05) is 26.1 Å². The Morgan fingerprint density at radius 1 is 1.00 bits per heavy atom. The maximum absolute atomic E-state index is 13.5. The van der Waals surface area contributed by atoms with Crippen LogP contribution in [0.15, 0.2) is 30.3 Å². The standard InChI is InChI=1S/C18H16Cl3F3N2O3/c1-28-14-4-3-9(5-15(14)29-2)17(18(22,23)24)25-8-16(27)26-13-7-11(20)10(19)6-12(13)21/h3-7,17,25H,8H2,1-2H3,(H,26,27)/t17-/m1/s1. The third-order valence-electron chi connectivity index (χ3n) is 3.82. The molecule has 2 aromatic carbocycles. The molecule has 0 spiro atoms. The molecule has 0 aliphatic rings. The number of hydrogen-bond acceptors (Lipinski definition) is 4. The molecule has 1 atom stereocenters. The molecule has 2 rings (SSSR count). The molecule has 0 aliphatic heterocycles. The van der Waals surface area contributed by atoms with Gasteiger partial charge in [-0.2, -0.15) is 13.2 Å². The highest BCUT2D eigenvalue weighted by Gasteiger charge is 2.41. The first-order valence-corrected chi connectivity index (χ1v) is 9.16. The number of carbonyl (C=O) groups excluding carboxylic acids is 1. The Hall–Kier alpha value is -1.87. The van der Waals surface area contributed by atoms with Crippen molar-refractivity contribution >= 4 is 46.4 Å². The fourth-order valence-corrected chi connectivity index (χ4v) is 3.06. The minimum atomic E-state index is -4.67. The molecular formula is C18H16Cl3F3N2O3. The Morgan fingerprint density at radius 3 is 2.21 bits per heavy atom. The van der Waals surface area contributed by atoms with E-state index in [0.29, 0.717) is 0 Å². The molecule has 0 saturated carbocycles. The average Bonchev–Trinajstić information content (AvgIpc) is 2.65. The molecule has 0 fully saturated rings. The minimum Gasteiger partial charge on any atom is -0.493 e. The maximum Gasteiger partial charge on any atom is 0.407 e. The van der Waals surface area contributed by atoms with Gasteiger partial charge in [0.15, 0.2) is 11.5 Å². The Morgan fingerprint density at radius 2 is 1.62 bits per heavy atom. The molecule has 5 nitrogen and oxygen atoms in total. The van der Waals surface area contributed by atoms with Crippen LogP contribution in [0.1, 0.15) is 11.6 Å². The molecule has 1 amide bonds. The SMILES string of the molecule is COc1ccc([C@@H](NCC(=O)Nc2cc(Cl)c(Cl)cc2Cl)C(F)(F)F)cc1OC. The van der Waals surface area contributed by atoms with Crippen LogP contribution < -0.4 is 20.1 Å². The fraction of sp³-hybridized carbons (Fsp3) is 0.278. The van der Waals surface area contributed by atoms with Crippen molar-refractivity contribution < 1.29 is 27.4 Å². The van der Waals surface area contributed by atoms with E-state index in [0.717, 1.165) is 0 Å². The zero-order valence-corrected chi connectivity index (χ0v) is 17.4. The van der Waals surface area contributed by atoms with E-state index in [9.17, 15) is 18.0 Å². The number of methoxy groups -OCH3 is 2. The summed E-state index contributed by atoms with van der Waals surface area (Å²) < 4.78 is 50.7. The number of alkyl halides is 3. The zero-order chi connectivity index (χ0) is 21.8. The van der Waals surface area contributed by atoms with Gasteiger partial charge in [0, 0.05) is 0 Å². The Labute approximate surface area is 180 Å². The monoisotopic (exact) mass is 470 g/mol. The largest absolute Gasteiger partial charge is 0.493 e. The van der Waals surface area contributed by atoms with Crippen molar-refractivity contribution in [1.82, 2.24) is 5.32 Å². The molecule has 2 aromatic rings. The highest BCUT2D eigenvalue weighted by Crippen LogP contribution is 2.37. The Kier molecular flexibility index (Phi) is 7.87. The van der Waals surface area contributed by atoms with Gasteiger partial charge < -0.3 is 14.8 Å². The summed E-state index contributed by atoms with van der Waals surface area (Å²) in [4.78, 5) is 12.1. The first kappa shape index (κ1) is 23.4. The summed E-state index contributed by atoms with van der Waals surface area (Å²) >= 11 is 17.6. The summed E-state index contributed by atoms with van der Waals surface area (Å²) in [5.41, 5.74) is -0.0157. The molecule has 0 radical (unpaired) electrons. The van der Waals surface area contributed by atoms with Crippen LogP contribution in [0, 0.1) is 0 Å². The summed E-state index contributed by atoms with van der Waals surface area (Å²) in [6.07, 6.45) is -4.67. The number of ether oxygens (including phenoxy) is 2. The second-order valence-electron chi connectivity index (χ2n) is 5.76. The van der Waals surface area contributed by atoms with E-state index in [1.165, 1.54) is 44.6 Å². The highest BCUT2D eigenvalue weighted by molar-refractivity contribution is 6.44. The molecule has 0 aromatic heterocycles. The van der Waals surface area contributed by atoms with Crippen molar-refractivity contribution in [3.8, 4) is 11.5 Å². The predicted octanol–water partition coefficient (Wildman–Crippen LogP) is 5.50. The van der Waals surface area contributed by atoms with Crippen LogP contribution >= 0.6 is 34.8 Å². The number of amides is 1. The molecule has 158 valence electrons. The van der Waals surface area contributed by atoms with Gasteiger partial charge in [-0.25, -0.2) is 0 Å². The molecule has 0 aliphatic carbocycles.